The fourth-order valence-corrected chi connectivity index (χ4v) is 2.22. The minimum atomic E-state index is -0.306. The van der Waals surface area contributed by atoms with Crippen molar-refractivity contribution in [3.63, 3.8) is 0 Å². The summed E-state index contributed by atoms with van der Waals surface area (Å²) in [7, 11) is 1.79. The van der Waals surface area contributed by atoms with E-state index in [1.165, 1.54) is 0 Å². The first-order valence-electron chi connectivity index (χ1n) is 7.56. The minimum Gasteiger partial charge on any atom is -0.471 e. The number of hydrogen-bond donors (Lipinski definition) is 1. The van der Waals surface area contributed by atoms with Crippen LogP contribution in [0.1, 0.15) is 21.6 Å². The Morgan fingerprint density at radius 2 is 2.00 bits per heavy atom. The number of aromatic nitrogens is 4. The van der Waals surface area contributed by atoms with E-state index >= 15 is 0 Å². The lowest BCUT2D eigenvalue weighted by atomic mass is 10.1. The van der Waals surface area contributed by atoms with Crippen molar-refractivity contribution in [2.24, 2.45) is 7.05 Å². The Morgan fingerprint density at radius 3 is 2.75 bits per heavy atom. The summed E-state index contributed by atoms with van der Waals surface area (Å²) in [5, 5.41) is 11.0. The summed E-state index contributed by atoms with van der Waals surface area (Å²) in [6.07, 6.45) is 3.46. The van der Waals surface area contributed by atoms with E-state index in [9.17, 15) is 4.79 Å². The van der Waals surface area contributed by atoms with Gasteiger partial charge in [-0.1, -0.05) is 12.1 Å². The van der Waals surface area contributed by atoms with Gasteiger partial charge in [0.25, 0.3) is 5.91 Å². The molecule has 0 unspecified atom stereocenters. The Bertz CT molecular complexity index is 866. The van der Waals surface area contributed by atoms with Crippen molar-refractivity contribution < 1.29 is 9.53 Å². The zero-order chi connectivity index (χ0) is 17.1. The SMILES string of the molecule is Cc1ccc(C)c(OCn2ccc(C(=O)Nc3ccn(C)n3)n2)c1. The normalized spacial score (nSPS) is 10.6. The van der Waals surface area contributed by atoms with E-state index in [2.05, 4.69) is 15.5 Å². The van der Waals surface area contributed by atoms with Gasteiger partial charge in [0.05, 0.1) is 0 Å². The molecular formula is C17H19N5O2. The number of benzene rings is 1. The van der Waals surface area contributed by atoms with Gasteiger partial charge in [-0.05, 0) is 37.1 Å². The topological polar surface area (TPSA) is 74.0 Å². The van der Waals surface area contributed by atoms with Crippen LogP contribution < -0.4 is 10.1 Å². The minimum absolute atomic E-state index is 0.237. The van der Waals surface area contributed by atoms with Gasteiger partial charge in [-0.25, -0.2) is 4.68 Å². The van der Waals surface area contributed by atoms with Gasteiger partial charge in [-0.3, -0.25) is 9.48 Å². The molecule has 3 aromatic rings. The third-order valence-corrected chi connectivity index (χ3v) is 3.52. The standard InChI is InChI=1S/C17H19N5O2/c1-12-4-5-13(2)15(10-12)24-11-22-9-6-14(19-22)17(23)18-16-7-8-21(3)20-16/h4-10H,11H2,1-3H3,(H,18,20,23). The number of carbonyl (C=O) groups is 1. The van der Waals surface area contributed by atoms with Crippen molar-refractivity contribution in [3.05, 3.63) is 59.5 Å². The van der Waals surface area contributed by atoms with Crippen LogP contribution in [-0.4, -0.2) is 25.5 Å². The zero-order valence-corrected chi connectivity index (χ0v) is 13.9. The van der Waals surface area contributed by atoms with Gasteiger partial charge < -0.3 is 10.1 Å². The van der Waals surface area contributed by atoms with Crippen molar-refractivity contribution in [2.75, 3.05) is 5.32 Å². The Labute approximate surface area is 139 Å². The van der Waals surface area contributed by atoms with Gasteiger partial charge in [0.1, 0.15) is 5.75 Å². The van der Waals surface area contributed by atoms with Gasteiger partial charge in [0, 0.05) is 25.5 Å². The van der Waals surface area contributed by atoms with Crippen molar-refractivity contribution >= 4 is 11.7 Å². The lowest BCUT2D eigenvalue weighted by Gasteiger charge is -2.09. The smallest absolute Gasteiger partial charge is 0.277 e. The molecule has 3 rings (SSSR count). The zero-order valence-electron chi connectivity index (χ0n) is 13.9. The number of nitrogens with one attached hydrogen (secondary N) is 1. The van der Waals surface area contributed by atoms with Crippen molar-refractivity contribution in [1.82, 2.24) is 19.6 Å². The van der Waals surface area contributed by atoms with Crippen molar-refractivity contribution in [1.29, 1.82) is 0 Å². The van der Waals surface area contributed by atoms with Crippen LogP contribution in [0.3, 0.4) is 0 Å². The molecule has 7 heteroatoms. The van der Waals surface area contributed by atoms with E-state index in [-0.39, 0.29) is 12.6 Å². The molecule has 124 valence electrons. The van der Waals surface area contributed by atoms with Gasteiger partial charge in [0.2, 0.25) is 0 Å². The highest BCUT2D eigenvalue weighted by atomic mass is 16.5. The largest absolute Gasteiger partial charge is 0.471 e. The number of anilines is 1. The average molecular weight is 325 g/mol. The number of amides is 1. The summed E-state index contributed by atoms with van der Waals surface area (Å²) >= 11 is 0. The molecule has 0 saturated carbocycles. The van der Waals surface area contributed by atoms with Crippen molar-refractivity contribution in [3.8, 4) is 5.75 Å². The van der Waals surface area contributed by atoms with Gasteiger partial charge >= 0.3 is 0 Å². The van der Waals surface area contributed by atoms with Crippen LogP contribution in [0.15, 0.2) is 42.7 Å². The highest BCUT2D eigenvalue weighted by Crippen LogP contribution is 2.19. The lowest BCUT2D eigenvalue weighted by molar-refractivity contribution is 0.101. The molecule has 0 spiro atoms. The number of aryl methyl sites for hydroxylation is 3. The molecule has 0 radical (unpaired) electrons. The molecular weight excluding hydrogens is 306 g/mol. The van der Waals surface area contributed by atoms with E-state index in [0.29, 0.717) is 11.5 Å². The molecule has 0 aliphatic rings. The van der Waals surface area contributed by atoms with Crippen LogP contribution in [0.25, 0.3) is 0 Å². The summed E-state index contributed by atoms with van der Waals surface area (Å²) in [6.45, 7) is 4.24. The lowest BCUT2D eigenvalue weighted by Crippen LogP contribution is -2.14. The number of rotatable bonds is 5. The molecule has 0 saturated heterocycles. The molecule has 2 aromatic heterocycles. The number of ether oxygens (including phenoxy) is 1. The number of carbonyl (C=O) groups excluding carboxylic acids is 1. The van der Waals surface area contributed by atoms with Gasteiger partial charge in [-0.15, -0.1) is 0 Å². The van der Waals surface area contributed by atoms with Crippen LogP contribution in [0.5, 0.6) is 5.75 Å². The Kier molecular flexibility index (Phi) is 4.33. The second-order valence-electron chi connectivity index (χ2n) is 5.61. The highest BCUT2D eigenvalue weighted by molar-refractivity contribution is 6.02. The molecule has 7 nitrogen and oxygen atoms in total. The Hall–Kier alpha value is -3.09. The third-order valence-electron chi connectivity index (χ3n) is 3.52. The van der Waals surface area contributed by atoms with Crippen LogP contribution in [-0.2, 0) is 13.8 Å². The number of hydrogen-bond acceptors (Lipinski definition) is 4. The summed E-state index contributed by atoms with van der Waals surface area (Å²) in [5.41, 5.74) is 2.50. The predicted octanol–water partition coefficient (Wildman–Crippen LogP) is 2.52. The van der Waals surface area contributed by atoms with Crippen LogP contribution in [0.4, 0.5) is 5.82 Å². The monoisotopic (exact) mass is 325 g/mol. The summed E-state index contributed by atoms with van der Waals surface area (Å²) < 4.78 is 8.97. The highest BCUT2D eigenvalue weighted by Gasteiger charge is 2.11. The molecule has 0 bridgehead atoms. The fraction of sp³-hybridized carbons (Fsp3) is 0.235. The number of nitrogens with zero attached hydrogens (tertiary/aromatic N) is 4. The molecule has 2 heterocycles. The quantitative estimate of drug-likeness (QED) is 0.782. The van der Waals surface area contributed by atoms with E-state index < -0.39 is 0 Å². The Balaban J connectivity index is 1.62. The second-order valence-corrected chi connectivity index (χ2v) is 5.61. The van der Waals surface area contributed by atoms with Crippen LogP contribution >= 0.6 is 0 Å². The molecule has 1 amide bonds. The Morgan fingerprint density at radius 1 is 1.17 bits per heavy atom. The maximum absolute atomic E-state index is 12.1. The van der Waals surface area contributed by atoms with E-state index in [0.717, 1.165) is 16.9 Å². The van der Waals surface area contributed by atoms with E-state index in [1.54, 1.807) is 40.9 Å². The second kappa shape index (κ2) is 6.57. The molecule has 0 aliphatic heterocycles. The molecule has 1 N–H and O–H groups in total. The predicted molar refractivity (Wildman–Crippen MR) is 89.9 cm³/mol. The third kappa shape index (κ3) is 3.62. The molecule has 1 aromatic carbocycles. The molecule has 24 heavy (non-hydrogen) atoms. The van der Waals surface area contributed by atoms with Gasteiger partial charge in [-0.2, -0.15) is 10.2 Å². The average Bonchev–Trinajstić information content (AvgIpc) is 3.17. The first-order chi connectivity index (χ1) is 11.5. The van der Waals surface area contributed by atoms with E-state index in [4.69, 9.17) is 4.74 Å². The van der Waals surface area contributed by atoms with Gasteiger partial charge in [0.15, 0.2) is 18.2 Å². The first-order valence-corrected chi connectivity index (χ1v) is 7.56. The van der Waals surface area contributed by atoms with Crippen LogP contribution in [0, 0.1) is 13.8 Å². The summed E-state index contributed by atoms with van der Waals surface area (Å²) in [5.74, 6) is 0.993. The van der Waals surface area contributed by atoms with Crippen LogP contribution in [0.2, 0.25) is 0 Å². The first kappa shape index (κ1) is 15.8. The molecule has 0 aliphatic carbocycles. The maximum Gasteiger partial charge on any atom is 0.277 e. The van der Waals surface area contributed by atoms with Crippen molar-refractivity contribution in [2.45, 2.75) is 20.6 Å². The molecule has 0 fully saturated rings. The molecule has 0 atom stereocenters. The fourth-order valence-electron chi connectivity index (χ4n) is 2.22. The summed E-state index contributed by atoms with van der Waals surface area (Å²) in [4.78, 5) is 12.1. The maximum atomic E-state index is 12.1. The van der Waals surface area contributed by atoms with E-state index in [1.807, 2.05) is 32.0 Å². The summed E-state index contributed by atoms with van der Waals surface area (Å²) in [6, 6.07) is 9.40.